The van der Waals surface area contributed by atoms with Crippen molar-refractivity contribution in [2.45, 2.75) is 19.9 Å². The molecule has 6 nitrogen and oxygen atoms in total. The number of nitrogens with one attached hydrogen (secondary N) is 1. The SMILES string of the molecule is COc1c(Cl)cc(C)cc1/C(O)=C1\C(=O)C(=O)N(c2ccc(Cl)cc2)C1c1c(C)[nH]c2ccccc12. The number of aromatic nitrogens is 1. The summed E-state index contributed by atoms with van der Waals surface area (Å²) in [6.45, 7) is 3.69. The Morgan fingerprint density at radius 2 is 1.72 bits per heavy atom. The van der Waals surface area contributed by atoms with Gasteiger partial charge in [0.25, 0.3) is 11.7 Å². The molecule has 2 N–H and O–H groups in total. The van der Waals surface area contributed by atoms with Gasteiger partial charge in [-0.2, -0.15) is 0 Å². The van der Waals surface area contributed by atoms with Gasteiger partial charge in [-0.05, 0) is 61.9 Å². The number of nitrogens with zero attached hydrogens (tertiary/aromatic N) is 1. The summed E-state index contributed by atoms with van der Waals surface area (Å²) in [5.74, 6) is -1.71. The Labute approximate surface area is 217 Å². The van der Waals surface area contributed by atoms with Crippen LogP contribution in [0.15, 0.2) is 66.2 Å². The zero-order chi connectivity index (χ0) is 25.7. The highest BCUT2D eigenvalue weighted by Crippen LogP contribution is 2.47. The van der Waals surface area contributed by atoms with Crippen LogP contribution in [-0.4, -0.2) is 28.9 Å². The van der Waals surface area contributed by atoms with Crippen molar-refractivity contribution < 1.29 is 19.4 Å². The van der Waals surface area contributed by atoms with E-state index in [4.69, 9.17) is 27.9 Å². The fourth-order valence-electron chi connectivity index (χ4n) is 4.88. The third kappa shape index (κ3) is 3.74. The van der Waals surface area contributed by atoms with Crippen LogP contribution in [0.25, 0.3) is 16.7 Å². The molecule has 1 aliphatic heterocycles. The molecule has 1 atom stereocenters. The first-order valence-electron chi connectivity index (χ1n) is 11.2. The fourth-order valence-corrected chi connectivity index (χ4v) is 5.36. The second-order valence-corrected chi connectivity index (χ2v) is 9.53. The van der Waals surface area contributed by atoms with Gasteiger partial charge in [-0.3, -0.25) is 14.5 Å². The van der Waals surface area contributed by atoms with Crippen molar-refractivity contribution in [1.82, 2.24) is 4.98 Å². The number of amides is 1. The predicted molar refractivity (Wildman–Crippen MR) is 142 cm³/mol. The molecule has 0 aliphatic carbocycles. The number of carbonyl (C=O) groups excluding carboxylic acids is 2. The summed E-state index contributed by atoms with van der Waals surface area (Å²) in [6, 6.07) is 16.7. The summed E-state index contributed by atoms with van der Waals surface area (Å²) in [4.78, 5) is 31.8. The Kier molecular flexibility index (Phi) is 6.02. The van der Waals surface area contributed by atoms with Crippen LogP contribution in [0.4, 0.5) is 5.69 Å². The molecule has 1 saturated heterocycles. The molecule has 1 aliphatic rings. The number of carbonyl (C=O) groups is 2. The van der Waals surface area contributed by atoms with E-state index in [1.165, 1.54) is 12.0 Å². The molecule has 0 bridgehead atoms. The van der Waals surface area contributed by atoms with E-state index in [0.29, 0.717) is 16.3 Å². The lowest BCUT2D eigenvalue weighted by molar-refractivity contribution is -0.132. The Bertz CT molecular complexity index is 1570. The molecule has 5 rings (SSSR count). The van der Waals surface area contributed by atoms with Crippen LogP contribution in [0.3, 0.4) is 0 Å². The smallest absolute Gasteiger partial charge is 0.300 e. The Hall–Kier alpha value is -3.74. The molecule has 4 aromatic rings. The number of halogens is 2. The van der Waals surface area contributed by atoms with Crippen LogP contribution in [0, 0.1) is 13.8 Å². The standard InChI is InChI=1S/C28H22Cl2N2O4/c1-14-12-19(27(36-3)20(30)13-14)25(33)23-24(22-15(2)31-21-7-5-4-6-18(21)22)32(28(35)26(23)34)17-10-8-16(29)9-11-17/h4-13,24,31,33H,1-3H3/b25-23+. The normalized spacial score (nSPS) is 17.2. The number of hydrogen-bond donors (Lipinski definition) is 2. The fraction of sp³-hybridized carbons (Fsp3) is 0.143. The van der Waals surface area contributed by atoms with E-state index < -0.39 is 17.7 Å². The average Bonchev–Trinajstić information content (AvgIpc) is 3.31. The van der Waals surface area contributed by atoms with Crippen molar-refractivity contribution in [1.29, 1.82) is 0 Å². The summed E-state index contributed by atoms with van der Waals surface area (Å²) < 4.78 is 5.46. The number of ketones is 1. The van der Waals surface area contributed by atoms with Gasteiger partial charge >= 0.3 is 0 Å². The molecular weight excluding hydrogens is 499 g/mol. The zero-order valence-electron chi connectivity index (χ0n) is 19.7. The Balaban J connectivity index is 1.85. The average molecular weight is 521 g/mol. The third-order valence-electron chi connectivity index (χ3n) is 6.41. The second-order valence-electron chi connectivity index (χ2n) is 8.68. The lowest BCUT2D eigenvalue weighted by atomic mass is 9.92. The van der Waals surface area contributed by atoms with E-state index in [1.807, 2.05) is 38.1 Å². The van der Waals surface area contributed by atoms with Crippen LogP contribution < -0.4 is 9.64 Å². The topological polar surface area (TPSA) is 82.6 Å². The van der Waals surface area contributed by atoms with Crippen molar-refractivity contribution in [3.05, 3.63) is 98.7 Å². The molecule has 0 spiro atoms. The van der Waals surface area contributed by atoms with E-state index in [0.717, 1.165) is 22.2 Å². The van der Waals surface area contributed by atoms with Crippen molar-refractivity contribution in [3.8, 4) is 5.75 Å². The minimum absolute atomic E-state index is 0.0530. The van der Waals surface area contributed by atoms with Crippen LogP contribution in [0.1, 0.15) is 28.4 Å². The van der Waals surface area contributed by atoms with Gasteiger partial charge in [0.05, 0.1) is 29.3 Å². The van der Waals surface area contributed by atoms with Gasteiger partial charge in [-0.15, -0.1) is 0 Å². The van der Waals surface area contributed by atoms with E-state index in [9.17, 15) is 14.7 Å². The molecule has 1 aromatic heterocycles. The molecule has 36 heavy (non-hydrogen) atoms. The highest BCUT2D eigenvalue weighted by atomic mass is 35.5. The second kappa shape index (κ2) is 9.04. The quantitative estimate of drug-likeness (QED) is 0.177. The van der Waals surface area contributed by atoms with Gasteiger partial charge in [0.15, 0.2) is 0 Å². The molecular formula is C28H22Cl2N2O4. The lowest BCUT2D eigenvalue weighted by Crippen LogP contribution is -2.29. The van der Waals surface area contributed by atoms with Crippen molar-refractivity contribution in [3.63, 3.8) is 0 Å². The Morgan fingerprint density at radius 3 is 2.42 bits per heavy atom. The van der Waals surface area contributed by atoms with E-state index in [-0.39, 0.29) is 27.7 Å². The highest BCUT2D eigenvalue weighted by molar-refractivity contribution is 6.52. The maximum Gasteiger partial charge on any atom is 0.300 e. The number of para-hydroxylation sites is 1. The molecule has 1 amide bonds. The van der Waals surface area contributed by atoms with Crippen LogP contribution in [0.2, 0.25) is 10.0 Å². The first kappa shape index (κ1) is 24.0. The first-order valence-corrected chi connectivity index (χ1v) is 12.0. The van der Waals surface area contributed by atoms with Gasteiger partial charge in [-0.25, -0.2) is 0 Å². The number of methoxy groups -OCH3 is 1. The number of aliphatic hydroxyl groups excluding tert-OH is 1. The number of hydrogen-bond acceptors (Lipinski definition) is 4. The number of H-pyrrole nitrogens is 1. The van der Waals surface area contributed by atoms with Gasteiger partial charge < -0.3 is 14.8 Å². The summed E-state index contributed by atoms with van der Waals surface area (Å²) >= 11 is 12.5. The molecule has 8 heteroatoms. The van der Waals surface area contributed by atoms with Crippen molar-refractivity contribution >= 4 is 57.2 Å². The monoisotopic (exact) mass is 520 g/mol. The minimum Gasteiger partial charge on any atom is -0.507 e. The first-order chi connectivity index (χ1) is 17.2. The summed E-state index contributed by atoms with van der Waals surface area (Å²) in [5, 5.41) is 13.2. The Morgan fingerprint density at radius 1 is 1.03 bits per heavy atom. The molecule has 2 heterocycles. The molecule has 1 fully saturated rings. The number of aliphatic hydroxyl groups is 1. The van der Waals surface area contributed by atoms with Gasteiger partial charge in [0.1, 0.15) is 11.5 Å². The van der Waals surface area contributed by atoms with E-state index >= 15 is 0 Å². The third-order valence-corrected chi connectivity index (χ3v) is 6.95. The lowest BCUT2D eigenvalue weighted by Gasteiger charge is -2.26. The summed E-state index contributed by atoms with van der Waals surface area (Å²) in [5.41, 5.74) is 3.74. The van der Waals surface area contributed by atoms with Gasteiger partial charge in [0, 0.05) is 32.9 Å². The van der Waals surface area contributed by atoms with Crippen LogP contribution in [-0.2, 0) is 9.59 Å². The van der Waals surface area contributed by atoms with Crippen molar-refractivity contribution in [2.75, 3.05) is 12.0 Å². The van der Waals surface area contributed by atoms with Gasteiger partial charge in [0.2, 0.25) is 0 Å². The molecule has 1 unspecified atom stereocenters. The number of aryl methyl sites for hydroxylation is 2. The molecule has 182 valence electrons. The molecule has 0 saturated carbocycles. The van der Waals surface area contributed by atoms with Crippen molar-refractivity contribution in [2.24, 2.45) is 0 Å². The number of anilines is 1. The highest BCUT2D eigenvalue weighted by Gasteiger charge is 2.48. The minimum atomic E-state index is -0.911. The van der Waals surface area contributed by atoms with Gasteiger partial charge in [-0.1, -0.05) is 41.4 Å². The number of ether oxygens (including phenoxy) is 1. The number of rotatable bonds is 4. The molecule has 0 radical (unpaired) electrons. The maximum atomic E-state index is 13.6. The maximum absolute atomic E-state index is 13.6. The largest absolute Gasteiger partial charge is 0.507 e. The number of fused-ring (bicyclic) bond motifs is 1. The predicted octanol–water partition coefficient (Wildman–Crippen LogP) is 6.73. The van der Waals surface area contributed by atoms with E-state index in [2.05, 4.69) is 4.98 Å². The van der Waals surface area contributed by atoms with E-state index in [1.54, 1.807) is 36.4 Å². The summed E-state index contributed by atoms with van der Waals surface area (Å²) in [7, 11) is 1.43. The molecule has 3 aromatic carbocycles. The zero-order valence-corrected chi connectivity index (χ0v) is 21.2. The van der Waals surface area contributed by atoms with Crippen LogP contribution >= 0.6 is 23.2 Å². The number of Topliss-reactive ketones (excluding diaryl/α,β-unsaturated/α-hetero) is 1. The van der Waals surface area contributed by atoms with Crippen LogP contribution in [0.5, 0.6) is 5.75 Å². The summed E-state index contributed by atoms with van der Waals surface area (Å²) in [6.07, 6.45) is 0. The number of benzene rings is 3. The number of aromatic amines is 1.